The predicted molar refractivity (Wildman–Crippen MR) is 85.1 cm³/mol. The summed E-state index contributed by atoms with van der Waals surface area (Å²) in [6, 6.07) is 0. The Morgan fingerprint density at radius 2 is 0.490 bits per heavy atom. The van der Waals surface area contributed by atoms with Gasteiger partial charge in [-0.25, -0.2) is 14.3 Å². The maximum absolute atomic E-state index is 13.7. The molecule has 51 heavy (non-hydrogen) atoms. The van der Waals surface area contributed by atoms with Crippen molar-refractivity contribution >= 4 is 5.97 Å². The van der Waals surface area contributed by atoms with Gasteiger partial charge < -0.3 is 5.11 Å². The van der Waals surface area contributed by atoms with Gasteiger partial charge in [-0.3, -0.25) is 0 Å². The van der Waals surface area contributed by atoms with Gasteiger partial charge >= 0.3 is 95.8 Å². The number of carboxylic acid groups (broad SMARTS) is 1. The number of carbonyl (C=O) groups is 1. The van der Waals surface area contributed by atoms with Crippen molar-refractivity contribution in [2.75, 3.05) is 0 Å². The van der Waals surface area contributed by atoms with E-state index in [9.17, 15) is 141 Å². The summed E-state index contributed by atoms with van der Waals surface area (Å²) in [5.41, 5.74) is 0. The number of alkyl halides is 31. The molecular weight excluding hydrogens is 845 g/mol. The molecule has 1 N–H and O–H groups in total. The summed E-state index contributed by atoms with van der Waals surface area (Å²) in [5, 5.41) is 7.69. The Hall–Kier alpha value is -2.78. The number of carboxylic acids is 1. The van der Waals surface area contributed by atoms with Gasteiger partial charge in [0, 0.05) is 0 Å². The minimum absolute atomic E-state index is 0.769. The molecule has 0 heterocycles. The second kappa shape index (κ2) is 11.9. The average molecular weight is 846 g/mol. The molecule has 0 aromatic rings. The lowest BCUT2D eigenvalue weighted by molar-refractivity contribution is -0.551. The molecule has 306 valence electrons. The third-order valence-electron chi connectivity index (χ3n) is 5.36. The monoisotopic (exact) mass is 846 g/mol. The Labute approximate surface area is 253 Å². The zero-order valence-electron chi connectivity index (χ0n) is 21.4. The van der Waals surface area contributed by atoms with E-state index >= 15 is 0 Å². The van der Waals surface area contributed by atoms with Crippen LogP contribution >= 0.6 is 0 Å². The van der Waals surface area contributed by atoms with Gasteiger partial charge in [0.2, 0.25) is 0 Å². The van der Waals surface area contributed by atoms with Crippen LogP contribution in [0.1, 0.15) is 0 Å². The first-order valence-electron chi connectivity index (χ1n) is 10.4. The zero-order valence-corrected chi connectivity index (χ0v) is 21.4. The van der Waals surface area contributed by atoms with Crippen LogP contribution in [0.5, 0.6) is 0 Å². The normalized spacial score (nSPS) is 16.8. The Kier molecular flexibility index (Phi) is 11.2. The number of aliphatic carboxylic acids is 1. The third kappa shape index (κ3) is 6.36. The molecule has 0 amide bonds. The zero-order chi connectivity index (χ0) is 42.5. The fourth-order valence-corrected chi connectivity index (χ4v) is 2.43. The van der Waals surface area contributed by atoms with E-state index in [1.54, 1.807) is 0 Å². The van der Waals surface area contributed by atoms with E-state index < -0.39 is 95.8 Å². The van der Waals surface area contributed by atoms with Gasteiger partial charge in [0.05, 0.1) is 0 Å². The average Bonchev–Trinajstić information content (AvgIpc) is 2.85. The van der Waals surface area contributed by atoms with E-state index in [0.717, 1.165) is 9.47 Å². The van der Waals surface area contributed by atoms with Crippen LogP contribution in [0.4, 0.5) is 136 Å². The van der Waals surface area contributed by atoms with Crippen molar-refractivity contribution in [3.63, 3.8) is 0 Å². The number of rotatable bonds is 16. The molecule has 0 unspecified atom stereocenters. The second-order valence-electron chi connectivity index (χ2n) is 8.82. The van der Waals surface area contributed by atoms with Gasteiger partial charge in [0.25, 0.3) is 0 Å². The SMILES string of the molecule is O=C(O)C(F)(F)C(F)(F)OC(F)(F)C(F)(F)OC(F)(F)C(F)(F)C(F)(F)C(F)(F)C(F)(F)C(F)(F)C(F)(F)C(F)(F)C(F)(F)C(F)(F)C(F)(F)F. The highest BCUT2D eigenvalue weighted by Crippen LogP contribution is 2.67. The van der Waals surface area contributed by atoms with Crippen molar-refractivity contribution in [2.45, 2.75) is 89.8 Å². The molecule has 0 aliphatic rings. The quantitative estimate of drug-likeness (QED) is 0.158. The standard InChI is InChI=1S/C16HF31O4/c17-2(18,1(48)49)13(40,41)50-15(44,45)16(46,47)51-14(42,43)11(35,36)9(31,32)7(27,28)5(23,24)3(19,20)4(21,22)6(25,26)8(29,30)10(33,34)12(37,38)39/h(H,48,49). The van der Waals surface area contributed by atoms with Gasteiger partial charge in [0.15, 0.2) is 0 Å². The van der Waals surface area contributed by atoms with Crippen LogP contribution in [0.25, 0.3) is 0 Å². The maximum Gasteiger partial charge on any atom is 0.460 e. The second-order valence-corrected chi connectivity index (χ2v) is 8.82. The van der Waals surface area contributed by atoms with Crippen molar-refractivity contribution < 1.29 is 155 Å². The Bertz CT molecular complexity index is 1290. The molecule has 0 fully saturated rings. The lowest BCUT2D eigenvalue weighted by Gasteiger charge is -2.45. The fraction of sp³-hybridized carbons (Fsp3) is 0.938. The Morgan fingerprint density at radius 3 is 0.706 bits per heavy atom. The first-order chi connectivity index (χ1) is 21.4. The lowest BCUT2D eigenvalue weighted by atomic mass is 9.86. The molecule has 0 bridgehead atoms. The molecule has 0 aromatic heterocycles. The smallest absolute Gasteiger partial charge is 0.460 e. The van der Waals surface area contributed by atoms with E-state index in [-0.39, 0.29) is 0 Å². The summed E-state index contributed by atoms with van der Waals surface area (Å²) in [5.74, 6) is -98.3. The number of hydrogen-bond donors (Lipinski definition) is 1. The summed E-state index contributed by atoms with van der Waals surface area (Å²) < 4.78 is 411. The topological polar surface area (TPSA) is 55.8 Å². The minimum Gasteiger partial charge on any atom is -0.477 e. The molecule has 0 aliphatic carbocycles. The minimum atomic E-state index is -9.97. The van der Waals surface area contributed by atoms with Gasteiger partial charge in [-0.1, -0.05) is 0 Å². The Balaban J connectivity index is 7.25. The molecule has 0 saturated carbocycles. The molecule has 0 aliphatic heterocycles. The maximum atomic E-state index is 13.7. The van der Waals surface area contributed by atoms with Crippen LogP contribution in [0.2, 0.25) is 0 Å². The van der Waals surface area contributed by atoms with Crippen LogP contribution in [0.3, 0.4) is 0 Å². The largest absolute Gasteiger partial charge is 0.477 e. The summed E-state index contributed by atoms with van der Waals surface area (Å²) in [4.78, 5) is 9.90. The van der Waals surface area contributed by atoms with Crippen molar-refractivity contribution in [2.24, 2.45) is 0 Å². The molecule has 4 nitrogen and oxygen atoms in total. The highest BCUT2D eigenvalue weighted by Gasteiger charge is 2.99. The highest BCUT2D eigenvalue weighted by molar-refractivity contribution is 5.76. The summed E-state index contributed by atoms with van der Waals surface area (Å²) in [6.45, 7) is 0. The van der Waals surface area contributed by atoms with E-state index in [0.29, 0.717) is 0 Å². The van der Waals surface area contributed by atoms with Crippen molar-refractivity contribution in [1.29, 1.82) is 0 Å². The first kappa shape index (κ1) is 48.2. The van der Waals surface area contributed by atoms with Crippen LogP contribution < -0.4 is 0 Å². The van der Waals surface area contributed by atoms with E-state index in [2.05, 4.69) is 0 Å². The first-order valence-corrected chi connectivity index (χ1v) is 10.4. The number of ether oxygens (including phenoxy) is 2. The summed E-state index contributed by atoms with van der Waals surface area (Å²) >= 11 is 0. The third-order valence-corrected chi connectivity index (χ3v) is 5.36. The van der Waals surface area contributed by atoms with Crippen LogP contribution in [-0.4, -0.2) is 101 Å². The molecule has 35 heteroatoms. The van der Waals surface area contributed by atoms with Gasteiger partial charge in [-0.2, -0.15) is 136 Å². The number of halogens is 31. The fourth-order valence-electron chi connectivity index (χ4n) is 2.43. The number of hydrogen-bond acceptors (Lipinski definition) is 3. The van der Waals surface area contributed by atoms with E-state index in [1.165, 1.54) is 0 Å². The van der Waals surface area contributed by atoms with Gasteiger partial charge in [-0.15, -0.1) is 0 Å². The molecule has 0 saturated heterocycles. The van der Waals surface area contributed by atoms with Crippen molar-refractivity contribution in [3.05, 3.63) is 0 Å². The van der Waals surface area contributed by atoms with Crippen LogP contribution in [-0.2, 0) is 14.3 Å². The molecular formula is C16HF31O4. The van der Waals surface area contributed by atoms with Crippen molar-refractivity contribution in [3.8, 4) is 0 Å². The van der Waals surface area contributed by atoms with Crippen molar-refractivity contribution in [1.82, 2.24) is 0 Å². The molecule has 0 aromatic carbocycles. The van der Waals surface area contributed by atoms with Gasteiger partial charge in [0.1, 0.15) is 0 Å². The summed E-state index contributed by atoms with van der Waals surface area (Å²) in [7, 11) is 0. The molecule has 0 atom stereocenters. The van der Waals surface area contributed by atoms with Crippen LogP contribution in [0, 0.1) is 0 Å². The predicted octanol–water partition coefficient (Wildman–Crippen LogP) is 9.39. The van der Waals surface area contributed by atoms with E-state index in [4.69, 9.17) is 5.11 Å². The Morgan fingerprint density at radius 1 is 0.294 bits per heavy atom. The molecule has 0 rings (SSSR count). The van der Waals surface area contributed by atoms with Crippen LogP contribution in [0.15, 0.2) is 0 Å². The highest BCUT2D eigenvalue weighted by atomic mass is 19.4. The molecule has 0 spiro atoms. The molecule has 0 radical (unpaired) electrons. The van der Waals surface area contributed by atoms with Gasteiger partial charge in [-0.05, 0) is 0 Å². The lowest BCUT2D eigenvalue weighted by Crippen LogP contribution is -2.78. The van der Waals surface area contributed by atoms with E-state index in [1.807, 2.05) is 0 Å². The summed E-state index contributed by atoms with van der Waals surface area (Å²) in [6.07, 6.45) is -41.9.